The Morgan fingerprint density at radius 2 is 2.16 bits per heavy atom. The molecule has 1 aliphatic heterocycles. The van der Waals surface area contributed by atoms with Crippen LogP contribution >= 0.6 is 15.9 Å². The van der Waals surface area contributed by atoms with Crippen LogP contribution in [0.25, 0.3) is 0 Å². The van der Waals surface area contributed by atoms with Gasteiger partial charge >= 0.3 is 0 Å². The molecule has 1 aromatic rings. The van der Waals surface area contributed by atoms with Gasteiger partial charge in [-0.2, -0.15) is 0 Å². The van der Waals surface area contributed by atoms with E-state index in [1.54, 1.807) is 6.08 Å². The Bertz CT molecular complexity index is 589. The Morgan fingerprint density at radius 1 is 1.32 bits per heavy atom. The topological polar surface area (TPSA) is 33.7 Å². The number of benzene rings is 1. The predicted molar refractivity (Wildman–Crippen MR) is 105 cm³/mol. The van der Waals surface area contributed by atoms with Gasteiger partial charge in [0.2, 0.25) is 0 Å². The highest BCUT2D eigenvalue weighted by atomic mass is 79.9. The average molecular weight is 409 g/mol. The van der Waals surface area contributed by atoms with Crippen LogP contribution < -0.4 is 14.8 Å². The predicted octanol–water partition coefficient (Wildman–Crippen LogP) is 3.99. The fourth-order valence-corrected chi connectivity index (χ4v) is 4.09. The van der Waals surface area contributed by atoms with Crippen molar-refractivity contribution in [1.82, 2.24) is 10.2 Å². The third-order valence-corrected chi connectivity index (χ3v) is 5.45. The lowest BCUT2D eigenvalue weighted by molar-refractivity contribution is 0.295. The van der Waals surface area contributed by atoms with Gasteiger partial charge in [-0.3, -0.25) is 0 Å². The molecule has 0 bridgehead atoms. The van der Waals surface area contributed by atoms with Gasteiger partial charge in [0.15, 0.2) is 11.5 Å². The lowest BCUT2D eigenvalue weighted by Gasteiger charge is -2.17. The summed E-state index contributed by atoms with van der Waals surface area (Å²) in [6, 6.07) is 5.09. The Kier molecular flexibility index (Phi) is 6.79. The molecule has 1 saturated carbocycles. The smallest absolute Gasteiger partial charge is 0.175 e. The first-order valence-electron chi connectivity index (χ1n) is 9.35. The number of nitrogens with zero attached hydrogens (tertiary/aromatic N) is 1. The van der Waals surface area contributed by atoms with Crippen LogP contribution in [0.1, 0.15) is 31.7 Å². The van der Waals surface area contributed by atoms with Crippen LogP contribution in [0.15, 0.2) is 29.3 Å². The van der Waals surface area contributed by atoms with E-state index < -0.39 is 0 Å². The fourth-order valence-electron chi connectivity index (χ4n) is 3.49. The quantitative estimate of drug-likeness (QED) is 0.593. The number of nitrogens with one attached hydrogen (secondary N) is 1. The molecule has 1 saturated heterocycles. The van der Waals surface area contributed by atoms with E-state index in [4.69, 9.17) is 9.47 Å². The van der Waals surface area contributed by atoms with Gasteiger partial charge in [0.1, 0.15) is 6.61 Å². The lowest BCUT2D eigenvalue weighted by atomic mass is 10.1. The molecule has 5 heteroatoms. The van der Waals surface area contributed by atoms with Gasteiger partial charge in [0.05, 0.1) is 11.1 Å². The Morgan fingerprint density at radius 3 is 2.88 bits per heavy atom. The Labute approximate surface area is 159 Å². The molecule has 2 fully saturated rings. The van der Waals surface area contributed by atoms with Gasteiger partial charge in [0, 0.05) is 19.1 Å². The molecular formula is C20H29BrN2O2. The summed E-state index contributed by atoms with van der Waals surface area (Å²) in [5, 5.41) is 3.62. The molecule has 138 valence electrons. The van der Waals surface area contributed by atoms with E-state index in [0.29, 0.717) is 13.2 Å². The summed E-state index contributed by atoms with van der Waals surface area (Å²) in [7, 11) is 0. The maximum atomic E-state index is 5.76. The van der Waals surface area contributed by atoms with Crippen molar-refractivity contribution in [1.29, 1.82) is 0 Å². The first kappa shape index (κ1) is 18.7. The minimum absolute atomic E-state index is 0.468. The number of halogens is 1. The van der Waals surface area contributed by atoms with Crippen LogP contribution in [0.3, 0.4) is 0 Å². The van der Waals surface area contributed by atoms with Crippen molar-refractivity contribution < 1.29 is 9.47 Å². The molecule has 0 amide bonds. The van der Waals surface area contributed by atoms with E-state index in [0.717, 1.165) is 41.0 Å². The van der Waals surface area contributed by atoms with Gasteiger partial charge in [-0.05, 0) is 78.8 Å². The van der Waals surface area contributed by atoms with Crippen molar-refractivity contribution in [3.05, 3.63) is 34.8 Å². The van der Waals surface area contributed by atoms with Gasteiger partial charge in [0.25, 0.3) is 0 Å². The van der Waals surface area contributed by atoms with Crippen molar-refractivity contribution in [3.8, 4) is 11.5 Å². The van der Waals surface area contributed by atoms with Crippen LogP contribution in [-0.4, -0.2) is 43.8 Å². The average Bonchev–Trinajstić information content (AvgIpc) is 3.34. The van der Waals surface area contributed by atoms with Crippen molar-refractivity contribution in [3.63, 3.8) is 0 Å². The van der Waals surface area contributed by atoms with E-state index in [2.05, 4.69) is 44.9 Å². The SMILES string of the molecule is C=CCOc1c(Br)cc(CNCC2CCN(C3CC3)C2)cc1OCC. The zero-order valence-corrected chi connectivity index (χ0v) is 16.7. The summed E-state index contributed by atoms with van der Waals surface area (Å²) in [6.45, 7) is 11.3. The van der Waals surface area contributed by atoms with Crippen LogP contribution in [-0.2, 0) is 6.54 Å². The first-order chi connectivity index (χ1) is 12.2. The monoisotopic (exact) mass is 408 g/mol. The van der Waals surface area contributed by atoms with Crippen molar-refractivity contribution in [2.45, 2.75) is 38.8 Å². The summed E-state index contributed by atoms with van der Waals surface area (Å²) in [6.07, 6.45) is 5.89. The minimum Gasteiger partial charge on any atom is -0.490 e. The molecule has 0 aromatic heterocycles. The fraction of sp³-hybridized carbons (Fsp3) is 0.600. The molecule has 0 radical (unpaired) electrons. The van der Waals surface area contributed by atoms with Crippen LogP contribution in [0.4, 0.5) is 0 Å². The highest BCUT2D eigenvalue weighted by Crippen LogP contribution is 2.37. The normalized spacial score (nSPS) is 20.6. The minimum atomic E-state index is 0.468. The number of hydrogen-bond donors (Lipinski definition) is 1. The summed E-state index contributed by atoms with van der Waals surface area (Å²) >= 11 is 3.61. The molecule has 1 aromatic carbocycles. The van der Waals surface area contributed by atoms with E-state index in [1.807, 2.05) is 6.92 Å². The number of rotatable bonds is 10. The Hall–Kier alpha value is -1.04. The molecule has 1 N–H and O–H groups in total. The molecular weight excluding hydrogens is 380 g/mol. The molecule has 4 nitrogen and oxygen atoms in total. The van der Waals surface area contributed by atoms with Crippen LogP contribution in [0, 0.1) is 5.92 Å². The second-order valence-corrected chi connectivity index (χ2v) is 7.80. The highest BCUT2D eigenvalue weighted by molar-refractivity contribution is 9.10. The van der Waals surface area contributed by atoms with Gasteiger partial charge < -0.3 is 19.7 Å². The molecule has 2 aliphatic rings. The van der Waals surface area contributed by atoms with Gasteiger partial charge in [-0.1, -0.05) is 12.7 Å². The van der Waals surface area contributed by atoms with Crippen molar-refractivity contribution in [2.75, 3.05) is 32.8 Å². The van der Waals surface area contributed by atoms with Crippen LogP contribution in [0.5, 0.6) is 11.5 Å². The zero-order chi connectivity index (χ0) is 17.6. The molecule has 1 aliphatic carbocycles. The van der Waals surface area contributed by atoms with E-state index >= 15 is 0 Å². The lowest BCUT2D eigenvalue weighted by Crippen LogP contribution is -2.27. The summed E-state index contributed by atoms with van der Waals surface area (Å²) in [5.74, 6) is 2.32. The maximum absolute atomic E-state index is 5.76. The third-order valence-electron chi connectivity index (χ3n) is 4.86. The molecule has 1 atom stereocenters. The van der Waals surface area contributed by atoms with Crippen molar-refractivity contribution >= 4 is 15.9 Å². The first-order valence-corrected chi connectivity index (χ1v) is 10.1. The molecule has 1 heterocycles. The molecule has 3 rings (SSSR count). The van der Waals surface area contributed by atoms with E-state index in [-0.39, 0.29) is 0 Å². The number of likely N-dealkylation sites (tertiary alicyclic amines) is 1. The maximum Gasteiger partial charge on any atom is 0.175 e. The van der Waals surface area contributed by atoms with Gasteiger partial charge in [-0.15, -0.1) is 0 Å². The Balaban J connectivity index is 1.53. The molecule has 0 spiro atoms. The van der Waals surface area contributed by atoms with Crippen LogP contribution in [0.2, 0.25) is 0 Å². The van der Waals surface area contributed by atoms with E-state index in [9.17, 15) is 0 Å². The third kappa shape index (κ3) is 5.22. The van der Waals surface area contributed by atoms with E-state index in [1.165, 1.54) is 37.9 Å². The van der Waals surface area contributed by atoms with Crippen molar-refractivity contribution in [2.24, 2.45) is 5.92 Å². The molecule has 25 heavy (non-hydrogen) atoms. The summed E-state index contributed by atoms with van der Waals surface area (Å²) < 4.78 is 12.4. The second-order valence-electron chi connectivity index (χ2n) is 6.95. The second kappa shape index (κ2) is 9.06. The highest BCUT2D eigenvalue weighted by Gasteiger charge is 2.33. The number of hydrogen-bond acceptors (Lipinski definition) is 4. The standard InChI is InChI=1S/C20H29BrN2O2/c1-3-9-25-20-18(21)10-16(11-19(20)24-4-2)13-22-12-15-7-8-23(14-15)17-5-6-17/h3,10-11,15,17,22H,1,4-9,12-14H2,2H3. The zero-order valence-electron chi connectivity index (χ0n) is 15.1. The van der Waals surface area contributed by atoms with Gasteiger partial charge in [-0.25, -0.2) is 0 Å². The number of ether oxygens (including phenoxy) is 2. The summed E-state index contributed by atoms with van der Waals surface area (Å²) in [4.78, 5) is 2.67. The summed E-state index contributed by atoms with van der Waals surface area (Å²) in [5.41, 5.74) is 1.21. The largest absolute Gasteiger partial charge is 0.490 e. The molecule has 1 unspecified atom stereocenters.